The monoisotopic (exact) mass is 326 g/mol. The maximum absolute atomic E-state index is 12.2. The fourth-order valence-corrected chi connectivity index (χ4v) is 3.22. The van der Waals surface area contributed by atoms with Crippen molar-refractivity contribution in [2.45, 2.75) is 25.8 Å². The third-order valence-electron chi connectivity index (χ3n) is 4.50. The molecule has 24 heavy (non-hydrogen) atoms. The van der Waals surface area contributed by atoms with Gasteiger partial charge in [-0.25, -0.2) is 0 Å². The highest BCUT2D eigenvalue weighted by Crippen LogP contribution is 2.21. The second-order valence-electron chi connectivity index (χ2n) is 5.96. The van der Waals surface area contributed by atoms with Crippen LogP contribution in [0.1, 0.15) is 19.8 Å². The van der Waals surface area contributed by atoms with Crippen LogP contribution >= 0.6 is 0 Å². The minimum absolute atomic E-state index is 0.327. The van der Waals surface area contributed by atoms with E-state index in [1.54, 1.807) is 24.4 Å². The van der Waals surface area contributed by atoms with Crippen molar-refractivity contribution in [1.29, 1.82) is 0 Å². The third kappa shape index (κ3) is 3.54. The highest BCUT2D eigenvalue weighted by atomic mass is 16.2. The normalized spacial score (nSPS) is 17.8. The van der Waals surface area contributed by atoms with Gasteiger partial charge in [0.05, 0.1) is 11.2 Å². The first kappa shape index (κ1) is 16.4. The van der Waals surface area contributed by atoms with Gasteiger partial charge in [0.2, 0.25) is 0 Å². The molecule has 2 heterocycles. The molecule has 0 saturated carbocycles. The number of hydrogen-bond donors (Lipinski definition) is 2. The number of rotatable bonds is 4. The zero-order chi connectivity index (χ0) is 16.9. The van der Waals surface area contributed by atoms with Gasteiger partial charge in [0, 0.05) is 24.2 Å². The summed E-state index contributed by atoms with van der Waals surface area (Å²) in [5.41, 5.74) is 1.37. The van der Waals surface area contributed by atoms with Crippen molar-refractivity contribution < 1.29 is 9.59 Å². The highest BCUT2D eigenvalue weighted by Gasteiger charge is 2.24. The van der Waals surface area contributed by atoms with Crippen molar-refractivity contribution in [1.82, 2.24) is 15.2 Å². The molecule has 1 aliphatic rings. The Kier molecular flexibility index (Phi) is 5.05. The molecule has 1 aromatic heterocycles. The number of nitrogens with zero attached hydrogens (tertiary/aromatic N) is 2. The second kappa shape index (κ2) is 7.40. The summed E-state index contributed by atoms with van der Waals surface area (Å²) in [6.45, 7) is 4.65. The van der Waals surface area contributed by atoms with Gasteiger partial charge in [-0.3, -0.25) is 19.5 Å². The number of fused-ring (bicyclic) bond motifs is 1. The van der Waals surface area contributed by atoms with Gasteiger partial charge >= 0.3 is 11.8 Å². The van der Waals surface area contributed by atoms with Gasteiger partial charge in [-0.1, -0.05) is 13.0 Å². The molecule has 2 amide bonds. The number of amides is 2. The molecule has 6 heteroatoms. The maximum atomic E-state index is 12.2. The van der Waals surface area contributed by atoms with Gasteiger partial charge < -0.3 is 10.6 Å². The lowest BCUT2D eigenvalue weighted by Gasteiger charge is -2.22. The van der Waals surface area contributed by atoms with Crippen LogP contribution in [-0.2, 0) is 9.59 Å². The third-order valence-corrected chi connectivity index (χ3v) is 4.50. The van der Waals surface area contributed by atoms with Crippen LogP contribution in [0.15, 0.2) is 36.5 Å². The quantitative estimate of drug-likeness (QED) is 0.840. The molecule has 1 fully saturated rings. The largest absolute Gasteiger partial charge is 0.346 e. The van der Waals surface area contributed by atoms with E-state index < -0.39 is 11.8 Å². The summed E-state index contributed by atoms with van der Waals surface area (Å²) in [5.74, 6) is -1.24. The average Bonchev–Trinajstić information content (AvgIpc) is 3.07. The smallest absolute Gasteiger partial charge is 0.313 e. The fourth-order valence-electron chi connectivity index (χ4n) is 3.22. The van der Waals surface area contributed by atoms with Gasteiger partial charge in [0.25, 0.3) is 0 Å². The van der Waals surface area contributed by atoms with Crippen LogP contribution in [-0.4, -0.2) is 47.4 Å². The summed E-state index contributed by atoms with van der Waals surface area (Å²) >= 11 is 0. The Hall–Kier alpha value is -2.47. The minimum Gasteiger partial charge on any atom is -0.346 e. The van der Waals surface area contributed by atoms with Crippen molar-refractivity contribution in [3.63, 3.8) is 0 Å². The Bertz CT molecular complexity index is 741. The van der Waals surface area contributed by atoms with Crippen molar-refractivity contribution in [2.24, 2.45) is 0 Å². The molecule has 0 bridgehead atoms. The summed E-state index contributed by atoms with van der Waals surface area (Å²) in [4.78, 5) is 30.8. The van der Waals surface area contributed by atoms with E-state index >= 15 is 0 Å². The molecule has 6 nitrogen and oxygen atoms in total. The first-order chi connectivity index (χ1) is 11.7. The van der Waals surface area contributed by atoms with Crippen LogP contribution in [0.4, 0.5) is 5.69 Å². The molecular formula is C18H22N4O2. The number of nitrogens with one attached hydrogen (secondary N) is 2. The Labute approximate surface area is 141 Å². The van der Waals surface area contributed by atoms with Crippen molar-refractivity contribution in [3.8, 4) is 0 Å². The maximum Gasteiger partial charge on any atom is 0.313 e. The van der Waals surface area contributed by atoms with Crippen LogP contribution in [0.5, 0.6) is 0 Å². The molecule has 0 spiro atoms. The predicted molar refractivity (Wildman–Crippen MR) is 93.7 cm³/mol. The predicted octanol–water partition coefficient (Wildman–Crippen LogP) is 1.77. The SMILES string of the molecule is CCN1CCC[C@@H]1CNC(=O)C(=O)Nc1cccc2ncccc12. The zero-order valence-electron chi connectivity index (χ0n) is 13.8. The number of likely N-dealkylation sites (N-methyl/N-ethyl adjacent to an activating group) is 1. The molecule has 126 valence electrons. The summed E-state index contributed by atoms with van der Waals surface area (Å²) in [6.07, 6.45) is 3.90. The van der Waals surface area contributed by atoms with E-state index in [0.717, 1.165) is 36.8 Å². The Morgan fingerprint density at radius 2 is 2.12 bits per heavy atom. The van der Waals surface area contributed by atoms with Crippen LogP contribution in [0, 0.1) is 0 Å². The van der Waals surface area contributed by atoms with Crippen LogP contribution in [0.3, 0.4) is 0 Å². The van der Waals surface area contributed by atoms with E-state index in [4.69, 9.17) is 0 Å². The Morgan fingerprint density at radius 3 is 2.96 bits per heavy atom. The topological polar surface area (TPSA) is 74.3 Å². The van der Waals surface area contributed by atoms with Crippen molar-refractivity contribution in [3.05, 3.63) is 36.5 Å². The van der Waals surface area contributed by atoms with Crippen molar-refractivity contribution in [2.75, 3.05) is 25.0 Å². The highest BCUT2D eigenvalue weighted by molar-refractivity contribution is 6.40. The molecule has 0 unspecified atom stereocenters. The number of pyridine rings is 1. The molecular weight excluding hydrogens is 304 g/mol. The van der Waals surface area contributed by atoms with E-state index in [1.807, 2.05) is 12.1 Å². The number of aromatic nitrogens is 1. The first-order valence-electron chi connectivity index (χ1n) is 8.36. The van der Waals surface area contributed by atoms with Crippen LogP contribution < -0.4 is 10.6 Å². The van der Waals surface area contributed by atoms with Gasteiger partial charge in [0.15, 0.2) is 0 Å². The van der Waals surface area contributed by atoms with E-state index in [2.05, 4.69) is 27.4 Å². The van der Waals surface area contributed by atoms with Gasteiger partial charge in [-0.2, -0.15) is 0 Å². The van der Waals surface area contributed by atoms with Crippen molar-refractivity contribution >= 4 is 28.4 Å². The van der Waals surface area contributed by atoms with E-state index in [0.29, 0.717) is 18.3 Å². The number of anilines is 1. The average molecular weight is 326 g/mol. The van der Waals surface area contributed by atoms with Gasteiger partial charge in [-0.15, -0.1) is 0 Å². The van der Waals surface area contributed by atoms with E-state index in [1.165, 1.54) is 0 Å². The Morgan fingerprint density at radius 1 is 1.25 bits per heavy atom. The molecule has 1 aliphatic heterocycles. The van der Waals surface area contributed by atoms with E-state index in [-0.39, 0.29) is 0 Å². The second-order valence-corrected chi connectivity index (χ2v) is 5.96. The molecule has 0 radical (unpaired) electrons. The van der Waals surface area contributed by atoms with Gasteiger partial charge in [0.1, 0.15) is 0 Å². The Balaban J connectivity index is 1.61. The first-order valence-corrected chi connectivity index (χ1v) is 8.36. The summed E-state index contributed by atoms with van der Waals surface area (Å²) < 4.78 is 0. The lowest BCUT2D eigenvalue weighted by Crippen LogP contribution is -2.43. The lowest BCUT2D eigenvalue weighted by molar-refractivity contribution is -0.136. The molecule has 2 aromatic rings. The number of likely N-dealkylation sites (tertiary alicyclic amines) is 1. The molecule has 1 saturated heterocycles. The molecule has 0 aliphatic carbocycles. The number of carbonyl (C=O) groups is 2. The molecule has 3 rings (SSSR count). The summed E-state index contributed by atoms with van der Waals surface area (Å²) in [7, 11) is 0. The molecule has 1 atom stereocenters. The number of carbonyl (C=O) groups excluding carboxylic acids is 2. The summed E-state index contributed by atoms with van der Waals surface area (Å²) in [5, 5.41) is 6.24. The zero-order valence-corrected chi connectivity index (χ0v) is 13.8. The minimum atomic E-state index is -0.646. The van der Waals surface area contributed by atoms with E-state index in [9.17, 15) is 9.59 Å². The molecule has 1 aromatic carbocycles. The van der Waals surface area contributed by atoms with Gasteiger partial charge in [-0.05, 0) is 50.2 Å². The van der Waals surface area contributed by atoms with Crippen LogP contribution in [0.25, 0.3) is 10.9 Å². The van der Waals surface area contributed by atoms with Crippen LogP contribution in [0.2, 0.25) is 0 Å². The standard InChI is InChI=1S/C18H22N4O2/c1-2-22-11-5-6-13(22)12-20-17(23)18(24)21-16-9-3-8-15-14(16)7-4-10-19-15/h3-4,7-10,13H,2,5-6,11-12H2,1H3,(H,20,23)(H,21,24)/t13-/m1/s1. The number of benzene rings is 1. The number of hydrogen-bond acceptors (Lipinski definition) is 4. The summed E-state index contributed by atoms with van der Waals surface area (Å²) in [6, 6.07) is 9.44. The molecule has 2 N–H and O–H groups in total. The fraction of sp³-hybridized carbons (Fsp3) is 0.389. The lowest BCUT2D eigenvalue weighted by atomic mass is 10.2.